The van der Waals surface area contributed by atoms with Crippen LogP contribution in [-0.2, 0) is 4.79 Å². The molecule has 6 heteroatoms. The Morgan fingerprint density at radius 2 is 2.04 bits per heavy atom. The van der Waals surface area contributed by atoms with Gasteiger partial charge in [0, 0.05) is 32.0 Å². The van der Waals surface area contributed by atoms with E-state index in [9.17, 15) is 4.79 Å². The molecule has 6 nitrogen and oxygen atoms in total. The van der Waals surface area contributed by atoms with Gasteiger partial charge in [-0.1, -0.05) is 6.92 Å². The highest BCUT2D eigenvalue weighted by Gasteiger charge is 2.49. The Morgan fingerprint density at radius 3 is 2.68 bits per heavy atom. The van der Waals surface area contributed by atoms with Gasteiger partial charge in [-0.3, -0.25) is 14.4 Å². The first kappa shape index (κ1) is 17.0. The van der Waals surface area contributed by atoms with Crippen molar-refractivity contribution in [1.29, 1.82) is 0 Å². The Hall–Kier alpha value is -1.40. The van der Waals surface area contributed by atoms with Gasteiger partial charge in [0.15, 0.2) is 0 Å². The van der Waals surface area contributed by atoms with Crippen molar-refractivity contribution in [1.82, 2.24) is 24.5 Å². The van der Waals surface area contributed by atoms with Gasteiger partial charge in [-0.15, -0.1) is 0 Å². The zero-order valence-corrected chi connectivity index (χ0v) is 15.6. The molecule has 4 rings (SSSR count). The largest absolute Gasteiger partial charge is 0.337 e. The van der Waals surface area contributed by atoms with Gasteiger partial charge in [-0.05, 0) is 63.8 Å². The lowest BCUT2D eigenvalue weighted by atomic mass is 9.76. The summed E-state index contributed by atoms with van der Waals surface area (Å²) in [5.41, 5.74) is 0.369. The molecule has 1 aromatic rings. The molecule has 0 bridgehead atoms. The number of aromatic nitrogens is 2. The van der Waals surface area contributed by atoms with E-state index in [2.05, 4.69) is 28.9 Å². The van der Waals surface area contributed by atoms with Crippen molar-refractivity contribution >= 4 is 5.91 Å². The molecular formula is C19H31N5O. The van der Waals surface area contributed by atoms with E-state index in [1.54, 1.807) is 0 Å². The first-order valence-electron chi connectivity index (χ1n) is 9.81. The van der Waals surface area contributed by atoms with Gasteiger partial charge in [0.2, 0.25) is 5.91 Å². The third-order valence-corrected chi connectivity index (χ3v) is 6.52. The minimum absolute atomic E-state index is 0.0990. The first-order chi connectivity index (χ1) is 12.1. The van der Waals surface area contributed by atoms with Crippen LogP contribution in [0.1, 0.15) is 38.6 Å². The summed E-state index contributed by atoms with van der Waals surface area (Å²) < 4.78 is 1.99. The van der Waals surface area contributed by atoms with Gasteiger partial charge in [0.05, 0.1) is 12.1 Å². The van der Waals surface area contributed by atoms with E-state index in [-0.39, 0.29) is 6.04 Å². The topological polar surface area (TPSA) is 44.6 Å². The Bertz CT molecular complexity index is 587. The van der Waals surface area contributed by atoms with Crippen LogP contribution in [-0.4, -0.2) is 82.7 Å². The van der Waals surface area contributed by atoms with E-state index >= 15 is 0 Å². The Labute approximate surface area is 150 Å². The van der Waals surface area contributed by atoms with E-state index in [0.29, 0.717) is 17.4 Å². The number of hydrogen-bond acceptors (Lipinski definition) is 4. The number of likely N-dealkylation sites (tertiary alicyclic amines) is 3. The molecule has 1 unspecified atom stereocenters. The maximum atomic E-state index is 13.2. The van der Waals surface area contributed by atoms with Crippen LogP contribution in [0.15, 0.2) is 18.5 Å². The standard InChI is InChI=1S/C19H31N5O/c1-3-8-22-15-19(5-10-21(2)11-6-19)12-17(22)18(25)23-13-16(14-23)24-9-4-7-20-24/h4,7,9,16-17H,3,5-6,8,10-15H2,1-2H3. The molecule has 0 radical (unpaired) electrons. The molecule has 138 valence electrons. The minimum atomic E-state index is 0.0990. The SMILES string of the molecule is CCCN1CC2(CCN(C)CC2)CC1C(=O)N1CC(n2cccn2)C1. The summed E-state index contributed by atoms with van der Waals surface area (Å²) in [4.78, 5) is 20.1. The number of carbonyl (C=O) groups excluding carboxylic acids is 1. The summed E-state index contributed by atoms with van der Waals surface area (Å²) in [5, 5.41) is 4.31. The number of amides is 1. The van der Waals surface area contributed by atoms with Crippen molar-refractivity contribution in [3.05, 3.63) is 18.5 Å². The molecule has 1 aromatic heterocycles. The smallest absolute Gasteiger partial charge is 0.240 e. The predicted molar refractivity (Wildman–Crippen MR) is 97.3 cm³/mol. The fourth-order valence-corrected chi connectivity index (χ4v) is 4.88. The highest BCUT2D eigenvalue weighted by Crippen LogP contribution is 2.44. The predicted octanol–water partition coefficient (Wildman–Crippen LogP) is 1.46. The quantitative estimate of drug-likeness (QED) is 0.829. The molecule has 0 saturated carbocycles. The molecule has 3 saturated heterocycles. The van der Waals surface area contributed by atoms with Crippen molar-refractivity contribution < 1.29 is 4.79 Å². The summed E-state index contributed by atoms with van der Waals surface area (Å²) in [6.07, 6.45) is 8.47. The molecule has 3 fully saturated rings. The van der Waals surface area contributed by atoms with Crippen LogP contribution in [0.3, 0.4) is 0 Å². The van der Waals surface area contributed by atoms with Crippen molar-refractivity contribution in [3.63, 3.8) is 0 Å². The number of nitrogens with zero attached hydrogens (tertiary/aromatic N) is 5. The Morgan fingerprint density at radius 1 is 1.28 bits per heavy atom. The zero-order valence-electron chi connectivity index (χ0n) is 15.6. The maximum Gasteiger partial charge on any atom is 0.240 e. The number of rotatable bonds is 4. The third kappa shape index (κ3) is 3.22. The second-order valence-electron chi connectivity index (χ2n) is 8.38. The molecule has 0 aromatic carbocycles. The number of carbonyl (C=O) groups is 1. The minimum Gasteiger partial charge on any atom is -0.337 e. The molecule has 1 amide bonds. The molecule has 0 aliphatic carbocycles. The molecule has 3 aliphatic heterocycles. The average molecular weight is 345 g/mol. The summed E-state index contributed by atoms with van der Waals surface area (Å²) >= 11 is 0. The van der Waals surface area contributed by atoms with Crippen LogP contribution in [0.5, 0.6) is 0 Å². The monoisotopic (exact) mass is 345 g/mol. The molecule has 4 heterocycles. The van der Waals surface area contributed by atoms with E-state index in [4.69, 9.17) is 0 Å². The van der Waals surface area contributed by atoms with Crippen molar-refractivity contribution in [2.24, 2.45) is 5.41 Å². The molecule has 1 atom stereocenters. The Kier molecular flexibility index (Phi) is 4.58. The molecule has 25 heavy (non-hydrogen) atoms. The van der Waals surface area contributed by atoms with Crippen LogP contribution in [0.2, 0.25) is 0 Å². The lowest BCUT2D eigenvalue weighted by Crippen LogP contribution is -2.56. The van der Waals surface area contributed by atoms with Crippen LogP contribution in [0.4, 0.5) is 0 Å². The highest BCUT2D eigenvalue weighted by atomic mass is 16.2. The van der Waals surface area contributed by atoms with Gasteiger partial charge in [-0.2, -0.15) is 5.10 Å². The van der Waals surface area contributed by atoms with E-state index in [0.717, 1.165) is 39.0 Å². The average Bonchev–Trinajstić information content (AvgIpc) is 3.18. The first-order valence-corrected chi connectivity index (χ1v) is 9.81. The van der Waals surface area contributed by atoms with Crippen LogP contribution >= 0.6 is 0 Å². The molecular weight excluding hydrogens is 314 g/mol. The van der Waals surface area contributed by atoms with Gasteiger partial charge in [-0.25, -0.2) is 0 Å². The summed E-state index contributed by atoms with van der Waals surface area (Å²) in [7, 11) is 2.21. The Balaban J connectivity index is 1.40. The van der Waals surface area contributed by atoms with Gasteiger partial charge in [0.1, 0.15) is 0 Å². The lowest BCUT2D eigenvalue weighted by Gasteiger charge is -2.41. The normalized spacial score (nSPS) is 27.8. The van der Waals surface area contributed by atoms with Crippen molar-refractivity contribution in [3.8, 4) is 0 Å². The fraction of sp³-hybridized carbons (Fsp3) is 0.789. The van der Waals surface area contributed by atoms with Gasteiger partial charge in [0.25, 0.3) is 0 Å². The van der Waals surface area contributed by atoms with E-state index in [1.165, 1.54) is 25.9 Å². The highest BCUT2D eigenvalue weighted by molar-refractivity contribution is 5.83. The van der Waals surface area contributed by atoms with E-state index in [1.807, 2.05) is 28.0 Å². The molecule has 3 aliphatic rings. The summed E-state index contributed by atoms with van der Waals surface area (Å²) in [5.74, 6) is 0.354. The summed E-state index contributed by atoms with van der Waals surface area (Å²) in [6.45, 7) is 8.35. The van der Waals surface area contributed by atoms with Crippen LogP contribution in [0, 0.1) is 5.41 Å². The lowest BCUT2D eigenvalue weighted by molar-refractivity contribution is -0.142. The van der Waals surface area contributed by atoms with Crippen LogP contribution < -0.4 is 0 Å². The fourth-order valence-electron chi connectivity index (χ4n) is 4.88. The number of hydrogen-bond donors (Lipinski definition) is 0. The molecule has 1 spiro atoms. The third-order valence-electron chi connectivity index (χ3n) is 6.52. The van der Waals surface area contributed by atoms with E-state index < -0.39 is 0 Å². The summed E-state index contributed by atoms with van der Waals surface area (Å²) in [6, 6.07) is 2.41. The van der Waals surface area contributed by atoms with Crippen molar-refractivity contribution in [2.45, 2.75) is 44.7 Å². The zero-order chi connectivity index (χ0) is 17.4. The number of piperidine rings is 1. The van der Waals surface area contributed by atoms with Crippen LogP contribution in [0.25, 0.3) is 0 Å². The maximum absolute atomic E-state index is 13.2. The van der Waals surface area contributed by atoms with Gasteiger partial charge >= 0.3 is 0 Å². The van der Waals surface area contributed by atoms with Crippen molar-refractivity contribution in [2.75, 3.05) is 46.3 Å². The second kappa shape index (κ2) is 6.72. The molecule has 0 N–H and O–H groups in total. The van der Waals surface area contributed by atoms with Gasteiger partial charge < -0.3 is 9.80 Å². The second-order valence-corrected chi connectivity index (χ2v) is 8.38.